The van der Waals surface area contributed by atoms with Gasteiger partial charge >= 0.3 is 0 Å². The molecule has 0 aliphatic carbocycles. The Morgan fingerprint density at radius 2 is 1.83 bits per heavy atom. The fourth-order valence-electron chi connectivity index (χ4n) is 3.04. The molecule has 0 bridgehead atoms. The van der Waals surface area contributed by atoms with Gasteiger partial charge in [-0.05, 0) is 23.8 Å². The standard InChI is InChI=1S/C21H25N3O4S/c1-28-11-8-24-15-17(4-7-19(24)25)21(27)22-18-5-2-16(3-6-18)14-20(26)23-9-12-29-13-10-23/h2-7,15H,8-14H2,1H3,(H,22,27). The Balaban J connectivity index is 1.59. The minimum atomic E-state index is -0.300. The first-order valence-corrected chi connectivity index (χ1v) is 10.7. The second-order valence-electron chi connectivity index (χ2n) is 6.76. The molecular weight excluding hydrogens is 390 g/mol. The summed E-state index contributed by atoms with van der Waals surface area (Å²) < 4.78 is 6.44. The number of carbonyl (C=O) groups excluding carboxylic acids is 2. The van der Waals surface area contributed by atoms with E-state index in [4.69, 9.17) is 4.74 Å². The lowest BCUT2D eigenvalue weighted by molar-refractivity contribution is -0.130. The molecule has 2 amide bonds. The first kappa shape index (κ1) is 21.1. The molecule has 154 valence electrons. The summed E-state index contributed by atoms with van der Waals surface area (Å²) in [6.07, 6.45) is 1.89. The van der Waals surface area contributed by atoms with Crippen molar-refractivity contribution < 1.29 is 14.3 Å². The molecule has 3 rings (SSSR count). The number of thioether (sulfide) groups is 1. The van der Waals surface area contributed by atoms with Crippen LogP contribution in [0.25, 0.3) is 0 Å². The Hall–Kier alpha value is -2.58. The third kappa shape index (κ3) is 5.95. The largest absolute Gasteiger partial charge is 0.383 e. The van der Waals surface area contributed by atoms with E-state index in [1.807, 2.05) is 28.8 Å². The van der Waals surface area contributed by atoms with E-state index < -0.39 is 0 Å². The monoisotopic (exact) mass is 415 g/mol. The van der Waals surface area contributed by atoms with Gasteiger partial charge in [0.25, 0.3) is 11.5 Å². The molecule has 0 spiro atoms. The van der Waals surface area contributed by atoms with Crippen LogP contribution in [0, 0.1) is 0 Å². The van der Waals surface area contributed by atoms with E-state index in [0.29, 0.717) is 30.8 Å². The molecule has 0 saturated carbocycles. The number of carbonyl (C=O) groups is 2. The van der Waals surface area contributed by atoms with Crippen molar-refractivity contribution in [2.24, 2.45) is 0 Å². The lowest BCUT2D eigenvalue weighted by Crippen LogP contribution is -2.38. The Kier molecular flexibility index (Phi) is 7.48. The molecule has 1 N–H and O–H groups in total. The van der Waals surface area contributed by atoms with Crippen LogP contribution in [0.5, 0.6) is 0 Å². The first-order valence-electron chi connectivity index (χ1n) is 9.52. The van der Waals surface area contributed by atoms with Gasteiger partial charge in [-0.3, -0.25) is 14.4 Å². The highest BCUT2D eigenvalue weighted by molar-refractivity contribution is 7.99. The van der Waals surface area contributed by atoms with E-state index in [9.17, 15) is 14.4 Å². The van der Waals surface area contributed by atoms with Gasteiger partial charge in [-0.2, -0.15) is 11.8 Å². The van der Waals surface area contributed by atoms with Crippen molar-refractivity contribution in [3.63, 3.8) is 0 Å². The highest BCUT2D eigenvalue weighted by Gasteiger charge is 2.17. The number of nitrogens with zero attached hydrogens (tertiary/aromatic N) is 2. The fourth-order valence-corrected chi connectivity index (χ4v) is 3.94. The maximum absolute atomic E-state index is 12.5. The van der Waals surface area contributed by atoms with Crippen LogP contribution in [0.4, 0.5) is 5.69 Å². The van der Waals surface area contributed by atoms with Crippen molar-refractivity contribution in [2.75, 3.05) is 43.6 Å². The number of methoxy groups -OCH3 is 1. The zero-order valence-electron chi connectivity index (χ0n) is 16.4. The van der Waals surface area contributed by atoms with Crippen LogP contribution >= 0.6 is 11.8 Å². The van der Waals surface area contributed by atoms with Crippen molar-refractivity contribution in [3.8, 4) is 0 Å². The molecule has 1 aliphatic heterocycles. The number of nitrogens with one attached hydrogen (secondary N) is 1. The summed E-state index contributed by atoms with van der Waals surface area (Å²) in [7, 11) is 1.56. The molecule has 7 nitrogen and oxygen atoms in total. The van der Waals surface area contributed by atoms with Crippen molar-refractivity contribution >= 4 is 29.3 Å². The van der Waals surface area contributed by atoms with E-state index in [2.05, 4.69) is 5.32 Å². The molecule has 1 saturated heterocycles. The van der Waals surface area contributed by atoms with E-state index in [-0.39, 0.29) is 17.4 Å². The van der Waals surface area contributed by atoms with Crippen molar-refractivity contribution in [1.29, 1.82) is 0 Å². The van der Waals surface area contributed by atoms with E-state index in [1.54, 1.807) is 19.2 Å². The van der Waals surface area contributed by atoms with Crippen LogP contribution in [0.1, 0.15) is 15.9 Å². The van der Waals surface area contributed by atoms with Crippen LogP contribution < -0.4 is 10.9 Å². The lowest BCUT2D eigenvalue weighted by Gasteiger charge is -2.26. The Bertz CT molecular complexity index is 905. The van der Waals surface area contributed by atoms with Crippen molar-refractivity contribution in [1.82, 2.24) is 9.47 Å². The van der Waals surface area contributed by atoms with Gasteiger partial charge in [0.2, 0.25) is 5.91 Å². The predicted octanol–water partition coefficient (Wildman–Crippen LogP) is 1.86. The number of ether oxygens (including phenoxy) is 1. The molecule has 0 atom stereocenters. The van der Waals surface area contributed by atoms with Gasteiger partial charge in [0.05, 0.1) is 18.6 Å². The summed E-state index contributed by atoms with van der Waals surface area (Å²) in [5, 5.41) is 2.82. The summed E-state index contributed by atoms with van der Waals surface area (Å²) in [4.78, 5) is 38.6. The number of aromatic nitrogens is 1. The van der Waals surface area contributed by atoms with Gasteiger partial charge < -0.3 is 19.5 Å². The number of amides is 2. The van der Waals surface area contributed by atoms with Crippen LogP contribution in [-0.2, 0) is 22.5 Å². The highest BCUT2D eigenvalue weighted by atomic mass is 32.2. The molecule has 1 aromatic carbocycles. The molecule has 0 radical (unpaired) electrons. The molecule has 2 aromatic rings. The van der Waals surface area contributed by atoms with Crippen molar-refractivity contribution in [2.45, 2.75) is 13.0 Å². The smallest absolute Gasteiger partial charge is 0.257 e. The highest BCUT2D eigenvalue weighted by Crippen LogP contribution is 2.14. The zero-order chi connectivity index (χ0) is 20.6. The number of rotatable bonds is 7. The molecule has 0 unspecified atom stereocenters. The Labute approximate surface area is 174 Å². The Morgan fingerprint density at radius 1 is 1.10 bits per heavy atom. The number of pyridine rings is 1. The molecule has 1 aromatic heterocycles. The maximum Gasteiger partial charge on any atom is 0.257 e. The average molecular weight is 416 g/mol. The second kappa shape index (κ2) is 10.3. The van der Waals surface area contributed by atoms with Crippen LogP contribution in [-0.4, -0.2) is 59.6 Å². The van der Waals surface area contributed by atoms with Crippen LogP contribution in [0.2, 0.25) is 0 Å². The molecule has 29 heavy (non-hydrogen) atoms. The van der Waals surface area contributed by atoms with Gasteiger partial charge in [-0.15, -0.1) is 0 Å². The number of anilines is 1. The summed E-state index contributed by atoms with van der Waals surface area (Å²) in [5.41, 5.74) is 1.76. The molecule has 8 heteroatoms. The van der Waals surface area contributed by atoms with Crippen LogP contribution in [0.3, 0.4) is 0 Å². The molecular formula is C21H25N3O4S. The minimum Gasteiger partial charge on any atom is -0.383 e. The summed E-state index contributed by atoms with van der Waals surface area (Å²) in [5.74, 6) is 1.83. The van der Waals surface area contributed by atoms with E-state index in [0.717, 1.165) is 30.2 Å². The van der Waals surface area contributed by atoms with Gasteiger partial charge in [0.1, 0.15) is 0 Å². The molecule has 1 fully saturated rings. The second-order valence-corrected chi connectivity index (χ2v) is 7.99. The van der Waals surface area contributed by atoms with Crippen molar-refractivity contribution in [3.05, 3.63) is 64.1 Å². The third-order valence-electron chi connectivity index (χ3n) is 4.71. The lowest BCUT2D eigenvalue weighted by atomic mass is 10.1. The predicted molar refractivity (Wildman–Crippen MR) is 115 cm³/mol. The normalized spacial score (nSPS) is 13.9. The van der Waals surface area contributed by atoms with E-state index in [1.165, 1.54) is 22.9 Å². The minimum absolute atomic E-state index is 0.139. The SMILES string of the molecule is COCCn1cc(C(=O)Nc2ccc(CC(=O)N3CCSCC3)cc2)ccc1=O. The maximum atomic E-state index is 12.5. The van der Waals surface area contributed by atoms with Gasteiger partial charge in [0, 0.05) is 56.2 Å². The zero-order valence-corrected chi connectivity index (χ0v) is 17.2. The quantitative estimate of drug-likeness (QED) is 0.747. The number of hydrogen-bond donors (Lipinski definition) is 1. The Morgan fingerprint density at radius 3 is 2.52 bits per heavy atom. The van der Waals surface area contributed by atoms with Gasteiger partial charge in [-0.1, -0.05) is 12.1 Å². The summed E-state index contributed by atoms with van der Waals surface area (Å²) in [6, 6.07) is 10.2. The number of benzene rings is 1. The topological polar surface area (TPSA) is 80.6 Å². The van der Waals surface area contributed by atoms with Crippen LogP contribution in [0.15, 0.2) is 47.4 Å². The average Bonchev–Trinajstić information content (AvgIpc) is 2.75. The van der Waals surface area contributed by atoms with E-state index >= 15 is 0 Å². The fraction of sp³-hybridized carbons (Fsp3) is 0.381. The summed E-state index contributed by atoms with van der Waals surface area (Å²) >= 11 is 1.87. The summed E-state index contributed by atoms with van der Waals surface area (Å²) in [6.45, 7) is 2.39. The molecule has 1 aliphatic rings. The van der Waals surface area contributed by atoms with Gasteiger partial charge in [-0.25, -0.2) is 0 Å². The first-order chi connectivity index (χ1) is 14.1. The number of hydrogen-bond acceptors (Lipinski definition) is 5. The third-order valence-corrected chi connectivity index (χ3v) is 5.66. The molecule has 2 heterocycles. The van der Waals surface area contributed by atoms with Gasteiger partial charge in [0.15, 0.2) is 0 Å².